The van der Waals surface area contributed by atoms with Crippen molar-refractivity contribution < 1.29 is 57.1 Å². The van der Waals surface area contributed by atoms with E-state index in [1.54, 1.807) is 0 Å². The van der Waals surface area contributed by atoms with E-state index in [1.807, 2.05) is 53.7 Å². The molecule has 394 valence electrons. The predicted molar refractivity (Wildman–Crippen MR) is 276 cm³/mol. The molecule has 8 aromatic carbocycles. The molecule has 10 rings (SSSR count). The summed E-state index contributed by atoms with van der Waals surface area (Å²) in [5, 5.41) is 0.0740. The van der Waals surface area contributed by atoms with Gasteiger partial charge in [0.05, 0.1) is 27.9 Å². The molecule has 0 saturated heterocycles. The lowest BCUT2D eigenvalue weighted by atomic mass is 9.85. The van der Waals surface area contributed by atoms with Crippen molar-refractivity contribution in [2.45, 2.75) is 84.0 Å². The maximum atomic E-state index is 15.7. The highest BCUT2D eigenvalue weighted by atomic mass is 19.4. The first-order valence-corrected chi connectivity index (χ1v) is 24.3. The maximum absolute atomic E-state index is 15.7. The van der Waals surface area contributed by atoms with Crippen molar-refractivity contribution in [3.8, 4) is 50.2 Å². The number of nitrogens with zero attached hydrogens (tertiary/aromatic N) is 1. The third kappa shape index (κ3) is 9.18. The normalized spacial score (nSPS) is 13.0. The topological polar surface area (TPSA) is 52.2 Å². The average molecular weight is 1070 g/mol. The van der Waals surface area contributed by atoms with Crippen LogP contribution in [0.3, 0.4) is 0 Å². The van der Waals surface area contributed by atoms with Crippen LogP contribution in [-0.4, -0.2) is 4.57 Å². The number of benzene rings is 8. The fraction of sp³-hybridized carbons (Fsp3) is 0.213. The molecule has 0 fully saturated rings. The second-order valence-electron chi connectivity index (χ2n) is 20.2. The standard InChI is InChI=1S/C61H43F12NO3/c1-29(2)36-23-42(30(3)4)53(43(24-36)31(5)6)74-56(75)48-27-44(33-9-17-39(18-10-33)59(65,66)67)50-47-26-37(32-7-15-38(16-8-32)58(62,63)64)25-45(34-11-19-40(20-12-34)60(68,69)70)54(47)77-55-46(28-49(57(74)76)51(48)52(50)55)35-13-21-41(22-14-35)61(71,72)73/h7-31H,1-6H3. The Labute approximate surface area is 431 Å². The van der Waals surface area contributed by atoms with Crippen LogP contribution < -0.4 is 11.1 Å². The Balaban J connectivity index is 1.46. The van der Waals surface area contributed by atoms with E-state index in [9.17, 15) is 52.7 Å². The molecule has 16 heteroatoms. The van der Waals surface area contributed by atoms with Gasteiger partial charge in [-0.15, -0.1) is 0 Å². The molecule has 0 N–H and O–H groups in total. The van der Waals surface area contributed by atoms with E-state index in [-0.39, 0.29) is 106 Å². The summed E-state index contributed by atoms with van der Waals surface area (Å²) < 4.78 is 177. The summed E-state index contributed by atoms with van der Waals surface area (Å²) in [6.45, 7) is 11.6. The highest BCUT2D eigenvalue weighted by Crippen LogP contribution is 2.50. The van der Waals surface area contributed by atoms with Crippen LogP contribution in [0.25, 0.3) is 93.7 Å². The van der Waals surface area contributed by atoms with Gasteiger partial charge >= 0.3 is 24.7 Å². The molecule has 2 aromatic heterocycles. The van der Waals surface area contributed by atoms with E-state index in [0.29, 0.717) is 16.8 Å². The van der Waals surface area contributed by atoms with E-state index in [2.05, 4.69) is 0 Å². The van der Waals surface area contributed by atoms with Gasteiger partial charge in [0.15, 0.2) is 0 Å². The van der Waals surface area contributed by atoms with Crippen molar-refractivity contribution in [1.82, 2.24) is 4.57 Å². The molecule has 0 spiro atoms. The van der Waals surface area contributed by atoms with Crippen molar-refractivity contribution in [3.63, 3.8) is 0 Å². The lowest BCUT2D eigenvalue weighted by Gasteiger charge is -2.25. The molecule has 0 unspecified atom stereocenters. The lowest BCUT2D eigenvalue weighted by Crippen LogP contribution is -2.34. The zero-order chi connectivity index (χ0) is 55.6. The zero-order valence-corrected chi connectivity index (χ0v) is 41.6. The number of pyridine rings is 1. The van der Waals surface area contributed by atoms with Crippen molar-refractivity contribution in [2.24, 2.45) is 0 Å². The van der Waals surface area contributed by atoms with Crippen LogP contribution in [0.1, 0.15) is 98.2 Å². The third-order valence-corrected chi connectivity index (χ3v) is 14.2. The largest absolute Gasteiger partial charge is 0.455 e. The summed E-state index contributed by atoms with van der Waals surface area (Å²) in [5.41, 5.74) is -2.44. The average Bonchev–Trinajstić information content (AvgIpc) is 3.50. The summed E-state index contributed by atoms with van der Waals surface area (Å²) in [6, 6.07) is 25.6. The molecule has 4 nitrogen and oxygen atoms in total. The Bertz CT molecular complexity index is 4000. The van der Waals surface area contributed by atoms with Gasteiger partial charge in [-0.3, -0.25) is 9.59 Å². The van der Waals surface area contributed by atoms with Crippen LogP contribution in [-0.2, 0) is 24.7 Å². The van der Waals surface area contributed by atoms with Gasteiger partial charge in [-0.05, 0) is 141 Å². The molecule has 10 aromatic rings. The molecule has 0 aliphatic heterocycles. The van der Waals surface area contributed by atoms with E-state index in [4.69, 9.17) is 4.42 Å². The third-order valence-electron chi connectivity index (χ3n) is 14.2. The Kier molecular flexibility index (Phi) is 12.6. The SMILES string of the molecule is CC(C)c1cc(C(C)C)c(-n2c(=O)c3cc(-c4ccc(C(F)(F)F)cc4)c4oc5c(-c6ccc(C(F)(F)F)cc6)cc(-c6ccc(C(F)(F)F)cc6)cc5c5c(-c6ccc(C(F)(F)F)cc6)cc(c2=O)c3c45)c(C(C)C)c1. The van der Waals surface area contributed by atoms with Gasteiger partial charge in [-0.2, -0.15) is 52.7 Å². The smallest absolute Gasteiger partial charge is 0.416 e. The highest BCUT2D eigenvalue weighted by Gasteiger charge is 2.35. The first-order valence-electron chi connectivity index (χ1n) is 24.3. The van der Waals surface area contributed by atoms with Gasteiger partial charge in [-0.25, -0.2) is 4.57 Å². The summed E-state index contributed by atoms with van der Waals surface area (Å²) in [5.74, 6) is -0.484. The summed E-state index contributed by atoms with van der Waals surface area (Å²) in [4.78, 5) is 31.5. The molecule has 0 aliphatic carbocycles. The quantitative estimate of drug-likeness (QED) is 0.0866. The Hall–Kier alpha value is -7.88. The van der Waals surface area contributed by atoms with E-state index >= 15 is 9.59 Å². The monoisotopic (exact) mass is 1070 g/mol. The van der Waals surface area contributed by atoms with E-state index in [1.165, 1.54) is 48.5 Å². The Morgan fingerprint density at radius 2 is 0.727 bits per heavy atom. The highest BCUT2D eigenvalue weighted by molar-refractivity contribution is 6.33. The summed E-state index contributed by atoms with van der Waals surface area (Å²) in [6.07, 6.45) is -19.1. The number of hydrogen-bond donors (Lipinski definition) is 0. The molecule has 0 aliphatic rings. The van der Waals surface area contributed by atoms with Gasteiger partial charge in [0, 0.05) is 43.4 Å². The molecular formula is C61H43F12NO3. The minimum Gasteiger partial charge on any atom is -0.455 e. The maximum Gasteiger partial charge on any atom is 0.416 e. The number of alkyl halides is 12. The van der Waals surface area contributed by atoms with Gasteiger partial charge in [-0.1, -0.05) is 102 Å². The number of hydrogen-bond acceptors (Lipinski definition) is 3. The fourth-order valence-corrected chi connectivity index (χ4v) is 10.3. The molecular weight excluding hydrogens is 1020 g/mol. The van der Waals surface area contributed by atoms with Crippen molar-refractivity contribution >= 4 is 43.5 Å². The zero-order valence-electron chi connectivity index (χ0n) is 41.6. The molecule has 0 saturated carbocycles. The Morgan fingerprint density at radius 1 is 0.364 bits per heavy atom. The second kappa shape index (κ2) is 18.4. The van der Waals surface area contributed by atoms with Gasteiger partial charge in [0.2, 0.25) is 0 Å². The van der Waals surface area contributed by atoms with Crippen molar-refractivity contribution in [1.29, 1.82) is 0 Å². The van der Waals surface area contributed by atoms with Crippen molar-refractivity contribution in [2.75, 3.05) is 0 Å². The van der Waals surface area contributed by atoms with E-state index in [0.717, 1.165) is 82.9 Å². The van der Waals surface area contributed by atoms with Gasteiger partial charge in [0.25, 0.3) is 11.1 Å². The fourth-order valence-electron chi connectivity index (χ4n) is 10.3. The summed E-state index contributed by atoms with van der Waals surface area (Å²) in [7, 11) is 0. The number of fused-ring (bicyclic) bond motifs is 2. The van der Waals surface area contributed by atoms with Crippen LogP contribution >= 0.6 is 0 Å². The molecule has 77 heavy (non-hydrogen) atoms. The molecule has 0 atom stereocenters. The van der Waals surface area contributed by atoms with Crippen molar-refractivity contribution in [3.05, 3.63) is 193 Å². The van der Waals surface area contributed by atoms with Gasteiger partial charge < -0.3 is 4.42 Å². The Morgan fingerprint density at radius 3 is 1.10 bits per heavy atom. The minimum atomic E-state index is -4.79. The summed E-state index contributed by atoms with van der Waals surface area (Å²) >= 11 is 0. The number of rotatable bonds is 8. The lowest BCUT2D eigenvalue weighted by molar-refractivity contribution is -0.138. The second-order valence-corrected chi connectivity index (χ2v) is 20.2. The molecule has 0 radical (unpaired) electrons. The van der Waals surface area contributed by atoms with Crippen LogP contribution in [0.5, 0.6) is 0 Å². The van der Waals surface area contributed by atoms with E-state index < -0.39 is 58.1 Å². The van der Waals surface area contributed by atoms with Crippen LogP contribution in [0.15, 0.2) is 147 Å². The number of halogens is 12. The van der Waals surface area contributed by atoms with Crippen LogP contribution in [0.2, 0.25) is 0 Å². The molecule has 0 amide bonds. The van der Waals surface area contributed by atoms with Crippen LogP contribution in [0.4, 0.5) is 52.7 Å². The van der Waals surface area contributed by atoms with Crippen LogP contribution in [0, 0.1) is 0 Å². The minimum absolute atomic E-state index is 0.0187. The molecule has 0 bridgehead atoms. The first-order chi connectivity index (χ1) is 36.0. The first kappa shape index (κ1) is 52.6. The number of aromatic nitrogens is 1. The van der Waals surface area contributed by atoms with Gasteiger partial charge in [0.1, 0.15) is 11.2 Å². The predicted octanol–water partition coefficient (Wildman–Crippen LogP) is 19.0. The molecule has 2 heterocycles.